The van der Waals surface area contributed by atoms with Gasteiger partial charge in [-0.05, 0) is 43.2 Å². The highest BCUT2D eigenvalue weighted by Crippen LogP contribution is 2.22. The van der Waals surface area contributed by atoms with Crippen molar-refractivity contribution in [1.82, 2.24) is 4.90 Å². The van der Waals surface area contributed by atoms with Crippen LogP contribution in [-0.2, 0) is 11.2 Å². The summed E-state index contributed by atoms with van der Waals surface area (Å²) in [4.78, 5) is 13.3. The van der Waals surface area contributed by atoms with Crippen LogP contribution in [-0.4, -0.2) is 54.4 Å². The van der Waals surface area contributed by atoms with E-state index in [1.807, 2.05) is 12.1 Å². The number of hydrogen-bond acceptors (Lipinski definition) is 5. The molecule has 2 aromatic rings. The predicted octanol–water partition coefficient (Wildman–Crippen LogP) is 2.79. The number of aliphatic hydroxyl groups excluding tert-OH is 1. The topological polar surface area (TPSA) is 85.0 Å². The molecular formula is C22H26ClFN2O4. The number of nitrogens with zero attached hydrogens (tertiary/aromatic N) is 1. The summed E-state index contributed by atoms with van der Waals surface area (Å²) in [7, 11) is 0. The maximum Gasteiger partial charge on any atom is 0.221 e. The van der Waals surface area contributed by atoms with Gasteiger partial charge >= 0.3 is 0 Å². The molecule has 1 unspecified atom stereocenters. The van der Waals surface area contributed by atoms with Crippen LogP contribution in [0.4, 0.5) is 4.39 Å². The van der Waals surface area contributed by atoms with Gasteiger partial charge in [-0.25, -0.2) is 4.39 Å². The largest absolute Gasteiger partial charge is 0.490 e. The Morgan fingerprint density at radius 3 is 2.60 bits per heavy atom. The summed E-state index contributed by atoms with van der Waals surface area (Å²) < 4.78 is 25.1. The average Bonchev–Trinajstić information content (AvgIpc) is 2.71. The van der Waals surface area contributed by atoms with Gasteiger partial charge in [0.15, 0.2) is 0 Å². The van der Waals surface area contributed by atoms with E-state index < -0.39 is 17.8 Å². The number of piperidine rings is 1. The quantitative estimate of drug-likeness (QED) is 0.631. The van der Waals surface area contributed by atoms with Crippen LogP contribution in [0, 0.1) is 5.82 Å². The van der Waals surface area contributed by atoms with Crippen LogP contribution in [0.3, 0.4) is 0 Å². The van der Waals surface area contributed by atoms with Crippen molar-refractivity contribution in [1.29, 1.82) is 0 Å². The van der Waals surface area contributed by atoms with Gasteiger partial charge in [0.2, 0.25) is 5.91 Å². The minimum Gasteiger partial charge on any atom is -0.490 e. The van der Waals surface area contributed by atoms with Crippen LogP contribution in [0.25, 0.3) is 0 Å². The standard InChI is InChI=1S/C22H26ClFN2O4/c23-16-2-5-19(6-3-16)30-20-7-9-26(10-8-20)13-18(27)14-29-21-12-17(24)4-1-15(21)11-22(25)28/h1-6,12,18,20,27H,7-11,13-14H2,(H2,25,28). The predicted molar refractivity (Wildman–Crippen MR) is 112 cm³/mol. The van der Waals surface area contributed by atoms with E-state index in [1.165, 1.54) is 18.2 Å². The van der Waals surface area contributed by atoms with Gasteiger partial charge in [-0.2, -0.15) is 0 Å². The third kappa shape index (κ3) is 6.86. The number of ether oxygens (including phenoxy) is 2. The number of aliphatic hydroxyl groups is 1. The molecule has 1 aliphatic heterocycles. The average molecular weight is 437 g/mol. The molecule has 1 fully saturated rings. The van der Waals surface area contributed by atoms with E-state index in [1.54, 1.807) is 12.1 Å². The molecule has 0 aromatic heterocycles. The Labute approximate surface area is 180 Å². The number of rotatable bonds is 9. The Kier molecular flexibility index (Phi) is 7.90. The highest BCUT2D eigenvalue weighted by Gasteiger charge is 2.22. The monoisotopic (exact) mass is 436 g/mol. The van der Waals surface area contributed by atoms with E-state index in [4.69, 9.17) is 26.8 Å². The first-order valence-electron chi connectivity index (χ1n) is 9.91. The molecule has 2 aromatic carbocycles. The second kappa shape index (κ2) is 10.6. The summed E-state index contributed by atoms with van der Waals surface area (Å²) in [5, 5.41) is 11.0. The van der Waals surface area contributed by atoms with Crippen molar-refractivity contribution < 1.29 is 23.8 Å². The lowest BCUT2D eigenvalue weighted by atomic mass is 10.1. The Hall–Kier alpha value is -2.35. The van der Waals surface area contributed by atoms with Crippen LogP contribution >= 0.6 is 11.6 Å². The van der Waals surface area contributed by atoms with Gasteiger partial charge in [-0.3, -0.25) is 4.79 Å². The Bertz CT molecular complexity index is 842. The molecule has 0 spiro atoms. The molecule has 3 rings (SSSR count). The fourth-order valence-corrected chi connectivity index (χ4v) is 3.57. The van der Waals surface area contributed by atoms with Gasteiger partial charge in [0.25, 0.3) is 0 Å². The van der Waals surface area contributed by atoms with Crippen LogP contribution in [0.1, 0.15) is 18.4 Å². The summed E-state index contributed by atoms with van der Waals surface area (Å²) >= 11 is 5.89. The van der Waals surface area contributed by atoms with Crippen molar-refractivity contribution >= 4 is 17.5 Å². The molecule has 30 heavy (non-hydrogen) atoms. The van der Waals surface area contributed by atoms with E-state index in [-0.39, 0.29) is 24.9 Å². The summed E-state index contributed by atoms with van der Waals surface area (Å²) in [6.07, 6.45) is 1.03. The Morgan fingerprint density at radius 1 is 1.23 bits per heavy atom. The van der Waals surface area contributed by atoms with Gasteiger partial charge < -0.3 is 25.2 Å². The lowest BCUT2D eigenvalue weighted by Crippen LogP contribution is -2.43. The van der Waals surface area contributed by atoms with Crippen molar-refractivity contribution in [3.63, 3.8) is 0 Å². The molecule has 6 nitrogen and oxygen atoms in total. The van der Waals surface area contributed by atoms with Gasteiger partial charge in [0.05, 0.1) is 6.42 Å². The molecule has 0 saturated carbocycles. The van der Waals surface area contributed by atoms with E-state index in [2.05, 4.69) is 4.90 Å². The van der Waals surface area contributed by atoms with Crippen LogP contribution < -0.4 is 15.2 Å². The second-order valence-electron chi connectivity index (χ2n) is 7.43. The highest BCUT2D eigenvalue weighted by atomic mass is 35.5. The van der Waals surface area contributed by atoms with Crippen molar-refractivity contribution in [2.45, 2.75) is 31.5 Å². The zero-order valence-electron chi connectivity index (χ0n) is 16.6. The summed E-state index contributed by atoms with van der Waals surface area (Å²) in [5.74, 6) is 0.0160. The molecule has 0 radical (unpaired) electrons. The van der Waals surface area contributed by atoms with Crippen molar-refractivity contribution in [2.75, 3.05) is 26.2 Å². The Morgan fingerprint density at radius 2 is 1.93 bits per heavy atom. The Balaban J connectivity index is 1.43. The minimum absolute atomic E-state index is 0.00355. The zero-order chi connectivity index (χ0) is 21.5. The maximum absolute atomic E-state index is 13.5. The number of nitrogens with two attached hydrogens (primary N) is 1. The SMILES string of the molecule is NC(=O)Cc1ccc(F)cc1OCC(O)CN1CCC(Oc2ccc(Cl)cc2)CC1. The smallest absolute Gasteiger partial charge is 0.221 e. The van der Waals surface area contributed by atoms with Crippen molar-refractivity contribution in [3.8, 4) is 11.5 Å². The number of primary amides is 1. The molecular weight excluding hydrogens is 411 g/mol. The molecule has 1 amide bonds. The van der Waals surface area contributed by atoms with Crippen LogP contribution in [0.2, 0.25) is 5.02 Å². The van der Waals surface area contributed by atoms with Crippen molar-refractivity contribution in [2.24, 2.45) is 5.73 Å². The summed E-state index contributed by atoms with van der Waals surface area (Å²) in [6.45, 7) is 2.02. The minimum atomic E-state index is -0.747. The molecule has 8 heteroatoms. The third-order valence-corrected chi connectivity index (χ3v) is 5.20. The maximum atomic E-state index is 13.5. The first kappa shape index (κ1) is 22.3. The van der Waals surface area contributed by atoms with Gasteiger partial charge in [-0.1, -0.05) is 17.7 Å². The van der Waals surface area contributed by atoms with E-state index in [0.29, 0.717) is 17.1 Å². The number of benzene rings is 2. The zero-order valence-corrected chi connectivity index (χ0v) is 17.4. The van der Waals surface area contributed by atoms with Crippen molar-refractivity contribution in [3.05, 3.63) is 58.9 Å². The lowest BCUT2D eigenvalue weighted by molar-refractivity contribution is -0.117. The first-order chi connectivity index (χ1) is 14.4. The van der Waals surface area contributed by atoms with Crippen LogP contribution in [0.5, 0.6) is 11.5 Å². The second-order valence-corrected chi connectivity index (χ2v) is 7.87. The third-order valence-electron chi connectivity index (χ3n) is 4.95. The number of β-amino-alcohol motifs (C(OH)–C–C–N with tert-alkyl or cyclic N) is 1. The number of halogens is 2. The molecule has 1 heterocycles. The van der Waals surface area contributed by atoms with E-state index >= 15 is 0 Å². The highest BCUT2D eigenvalue weighted by molar-refractivity contribution is 6.30. The first-order valence-corrected chi connectivity index (χ1v) is 10.3. The summed E-state index contributed by atoms with van der Waals surface area (Å²) in [6, 6.07) is 11.2. The molecule has 0 bridgehead atoms. The summed E-state index contributed by atoms with van der Waals surface area (Å²) in [5.41, 5.74) is 5.71. The molecule has 162 valence electrons. The molecule has 1 atom stereocenters. The molecule has 0 aliphatic carbocycles. The van der Waals surface area contributed by atoms with Gasteiger partial charge in [0, 0.05) is 36.3 Å². The number of carbonyl (C=O) groups is 1. The number of likely N-dealkylation sites (tertiary alicyclic amines) is 1. The fourth-order valence-electron chi connectivity index (χ4n) is 3.45. The number of amides is 1. The number of hydrogen-bond donors (Lipinski definition) is 2. The lowest BCUT2D eigenvalue weighted by Gasteiger charge is -2.33. The molecule has 1 saturated heterocycles. The normalized spacial score (nSPS) is 16.2. The van der Waals surface area contributed by atoms with E-state index in [9.17, 15) is 14.3 Å². The van der Waals surface area contributed by atoms with Gasteiger partial charge in [-0.15, -0.1) is 0 Å². The van der Waals surface area contributed by atoms with Gasteiger partial charge in [0.1, 0.15) is 36.1 Å². The molecule has 1 aliphatic rings. The molecule has 3 N–H and O–H groups in total. The number of carbonyl (C=O) groups excluding carboxylic acids is 1. The van der Waals surface area contributed by atoms with Crippen LogP contribution in [0.15, 0.2) is 42.5 Å². The van der Waals surface area contributed by atoms with E-state index in [0.717, 1.165) is 31.7 Å². The fraction of sp³-hybridized carbons (Fsp3) is 0.409.